The van der Waals surface area contributed by atoms with Crippen LogP contribution in [0.4, 0.5) is 4.39 Å². The molecule has 1 aromatic rings. The number of ether oxygens (including phenoxy) is 1. The van der Waals surface area contributed by atoms with Gasteiger partial charge in [-0.05, 0) is 37.1 Å². The third-order valence-electron chi connectivity index (χ3n) is 2.96. The van der Waals surface area contributed by atoms with Crippen LogP contribution in [0.2, 0.25) is 0 Å². The van der Waals surface area contributed by atoms with Crippen molar-refractivity contribution in [2.24, 2.45) is 0 Å². The van der Waals surface area contributed by atoms with Gasteiger partial charge in [0.25, 0.3) is 0 Å². The molecule has 1 atom stereocenters. The van der Waals surface area contributed by atoms with E-state index < -0.39 is 28.5 Å². The van der Waals surface area contributed by atoms with Gasteiger partial charge in [-0.1, -0.05) is 23.2 Å². The van der Waals surface area contributed by atoms with Crippen molar-refractivity contribution >= 4 is 22.6 Å². The van der Waals surface area contributed by atoms with Crippen LogP contribution in [0.1, 0.15) is 19.4 Å². The van der Waals surface area contributed by atoms with Gasteiger partial charge in [0.2, 0.25) is 0 Å². The number of hydrogen-bond acceptors (Lipinski definition) is 4. The van der Waals surface area contributed by atoms with Crippen LogP contribution in [0.15, 0.2) is 29.8 Å². The summed E-state index contributed by atoms with van der Waals surface area (Å²) >= 11 is -2.35. The van der Waals surface area contributed by atoms with Gasteiger partial charge in [-0.25, -0.2) is 9.18 Å². The molecule has 2 rings (SSSR count). The Balaban J connectivity index is 2.60. The number of hydrogen-bond donors (Lipinski definition) is 0. The maximum atomic E-state index is 13.2. The van der Waals surface area contributed by atoms with Gasteiger partial charge in [0.1, 0.15) is 11.4 Å². The maximum absolute atomic E-state index is 13.2. The largest absolute Gasteiger partial charge is 0.772 e. The van der Waals surface area contributed by atoms with Crippen LogP contribution in [-0.4, -0.2) is 26.1 Å². The van der Waals surface area contributed by atoms with Gasteiger partial charge in [0, 0.05) is 5.75 Å². The van der Waals surface area contributed by atoms with E-state index in [1.807, 2.05) is 0 Å². The molecule has 1 aromatic carbocycles. The van der Waals surface area contributed by atoms with Gasteiger partial charge in [-0.2, -0.15) is 0 Å². The monoisotopic (exact) mass is 283 g/mol. The van der Waals surface area contributed by atoms with Crippen molar-refractivity contribution < 1.29 is 22.7 Å². The summed E-state index contributed by atoms with van der Waals surface area (Å²) in [5, 5.41) is 0. The van der Waals surface area contributed by atoms with Crippen LogP contribution in [0.5, 0.6) is 0 Å². The summed E-state index contributed by atoms with van der Waals surface area (Å²) in [6.45, 7) is 3.22. The fourth-order valence-electron chi connectivity index (χ4n) is 2.07. The molecule has 4 nitrogen and oxygen atoms in total. The molecule has 1 aliphatic heterocycles. The van der Waals surface area contributed by atoms with E-state index in [1.54, 1.807) is 19.9 Å². The number of carbonyl (C=O) groups excluding carboxylic acids is 1. The first kappa shape index (κ1) is 13.9. The van der Waals surface area contributed by atoms with E-state index in [0.717, 1.165) is 0 Å². The van der Waals surface area contributed by atoms with Gasteiger partial charge in [0.15, 0.2) is 0 Å². The summed E-state index contributed by atoms with van der Waals surface area (Å²) in [6.07, 6.45) is 0. The van der Waals surface area contributed by atoms with Crippen LogP contribution in [0.3, 0.4) is 0 Å². The summed E-state index contributed by atoms with van der Waals surface area (Å²) in [5.41, 5.74) is -0.195. The molecule has 1 heterocycles. The summed E-state index contributed by atoms with van der Waals surface area (Å²) in [4.78, 5) is 11.9. The first-order valence-corrected chi connectivity index (χ1v) is 6.84. The minimum Gasteiger partial charge on any atom is -0.772 e. The van der Waals surface area contributed by atoms with Crippen LogP contribution in [0, 0.1) is 5.82 Å². The molecule has 102 valence electrons. The average Bonchev–Trinajstić information content (AvgIpc) is 2.48. The summed E-state index contributed by atoms with van der Waals surface area (Å²) in [7, 11) is 0. The Bertz CT molecular complexity index is 592. The minimum atomic E-state index is -2.35. The Kier molecular flexibility index (Phi) is 3.56. The molecule has 1 aliphatic rings. The zero-order valence-corrected chi connectivity index (χ0v) is 11.3. The highest BCUT2D eigenvalue weighted by molar-refractivity contribution is 7.79. The SMILES string of the molecule is CC1(C)OC(=O)C(c2cccc(F)c2)=C1CS(=O)[O-]. The van der Waals surface area contributed by atoms with E-state index in [-0.39, 0.29) is 11.3 Å². The third kappa shape index (κ3) is 2.74. The van der Waals surface area contributed by atoms with Gasteiger partial charge < -0.3 is 9.29 Å². The van der Waals surface area contributed by atoms with E-state index in [9.17, 15) is 17.9 Å². The molecular weight excluding hydrogens is 271 g/mol. The van der Waals surface area contributed by atoms with E-state index in [0.29, 0.717) is 11.1 Å². The second-order valence-electron chi connectivity index (χ2n) is 4.71. The van der Waals surface area contributed by atoms with E-state index in [4.69, 9.17) is 4.74 Å². The van der Waals surface area contributed by atoms with Crippen molar-refractivity contribution in [2.45, 2.75) is 19.4 Å². The van der Waals surface area contributed by atoms with Crippen molar-refractivity contribution in [1.29, 1.82) is 0 Å². The second kappa shape index (κ2) is 4.86. The zero-order valence-electron chi connectivity index (χ0n) is 10.4. The van der Waals surface area contributed by atoms with Crippen molar-refractivity contribution in [3.05, 3.63) is 41.2 Å². The average molecular weight is 283 g/mol. The molecule has 19 heavy (non-hydrogen) atoms. The number of cyclic esters (lactones) is 1. The molecular formula is C13H12FO4S-. The van der Waals surface area contributed by atoms with Gasteiger partial charge in [0.05, 0.1) is 5.57 Å². The molecule has 0 aliphatic carbocycles. The molecule has 0 spiro atoms. The van der Waals surface area contributed by atoms with Crippen molar-refractivity contribution in [3.63, 3.8) is 0 Å². The third-order valence-corrected chi connectivity index (χ3v) is 3.48. The molecule has 0 amide bonds. The Morgan fingerprint density at radius 1 is 1.42 bits per heavy atom. The summed E-state index contributed by atoms with van der Waals surface area (Å²) in [5.74, 6) is -1.44. The van der Waals surface area contributed by atoms with Gasteiger partial charge in [-0.15, -0.1) is 0 Å². The first-order valence-electron chi connectivity index (χ1n) is 5.60. The zero-order chi connectivity index (χ0) is 14.2. The topological polar surface area (TPSA) is 66.4 Å². The lowest BCUT2D eigenvalue weighted by Crippen LogP contribution is -2.26. The molecule has 6 heteroatoms. The summed E-state index contributed by atoms with van der Waals surface area (Å²) < 4.78 is 40.2. The van der Waals surface area contributed by atoms with Crippen LogP contribution >= 0.6 is 0 Å². The molecule has 0 bridgehead atoms. The number of esters is 1. The van der Waals surface area contributed by atoms with E-state index in [2.05, 4.69) is 0 Å². The summed E-state index contributed by atoms with van der Waals surface area (Å²) in [6, 6.07) is 5.45. The highest BCUT2D eigenvalue weighted by atomic mass is 32.2. The van der Waals surface area contributed by atoms with Crippen molar-refractivity contribution in [3.8, 4) is 0 Å². The van der Waals surface area contributed by atoms with Crippen LogP contribution in [0.25, 0.3) is 5.57 Å². The van der Waals surface area contributed by atoms with Gasteiger partial charge >= 0.3 is 5.97 Å². The second-order valence-corrected chi connectivity index (χ2v) is 5.61. The van der Waals surface area contributed by atoms with Crippen molar-refractivity contribution in [1.82, 2.24) is 0 Å². The lowest BCUT2D eigenvalue weighted by molar-refractivity contribution is -0.142. The molecule has 0 saturated heterocycles. The first-order chi connectivity index (χ1) is 8.81. The standard InChI is InChI=1S/C13H13FO4S/c1-13(2)10(7-19(16)17)11(12(15)18-13)8-4-3-5-9(14)6-8/h3-6H,7H2,1-2H3,(H,16,17)/p-1. The molecule has 0 aromatic heterocycles. The van der Waals surface area contributed by atoms with Gasteiger partial charge in [-0.3, -0.25) is 4.21 Å². The smallest absolute Gasteiger partial charge is 0.339 e. The quantitative estimate of drug-likeness (QED) is 0.626. The normalized spacial score (nSPS) is 19.5. The Labute approximate surface area is 112 Å². The predicted octanol–water partition coefficient (Wildman–Crippen LogP) is 1.79. The highest BCUT2D eigenvalue weighted by Crippen LogP contribution is 2.38. The number of rotatable bonds is 3. The fourth-order valence-corrected chi connectivity index (χ4v) is 2.80. The number of halogens is 1. The molecule has 1 unspecified atom stereocenters. The Morgan fingerprint density at radius 3 is 2.68 bits per heavy atom. The van der Waals surface area contributed by atoms with Crippen molar-refractivity contribution in [2.75, 3.05) is 5.75 Å². The highest BCUT2D eigenvalue weighted by Gasteiger charge is 2.40. The molecule has 0 saturated carbocycles. The minimum absolute atomic E-state index is 0.133. The molecule has 0 radical (unpaired) electrons. The Hall–Kier alpha value is -1.53. The maximum Gasteiger partial charge on any atom is 0.339 e. The fraction of sp³-hybridized carbons (Fsp3) is 0.308. The van der Waals surface area contributed by atoms with Crippen LogP contribution in [-0.2, 0) is 20.6 Å². The number of carbonyl (C=O) groups is 1. The predicted molar refractivity (Wildman–Crippen MR) is 67.3 cm³/mol. The van der Waals surface area contributed by atoms with E-state index in [1.165, 1.54) is 18.2 Å². The lowest BCUT2D eigenvalue weighted by atomic mass is 9.93. The number of benzene rings is 1. The lowest BCUT2D eigenvalue weighted by Gasteiger charge is -2.22. The van der Waals surface area contributed by atoms with E-state index >= 15 is 0 Å². The van der Waals surface area contributed by atoms with Crippen LogP contribution < -0.4 is 0 Å². The molecule has 0 N–H and O–H groups in total. The molecule has 0 fully saturated rings. The Morgan fingerprint density at radius 2 is 2.11 bits per heavy atom.